The van der Waals surface area contributed by atoms with Crippen LogP contribution in [-0.2, 0) is 6.54 Å². The van der Waals surface area contributed by atoms with Crippen LogP contribution in [0.5, 0.6) is 11.8 Å². The van der Waals surface area contributed by atoms with E-state index in [-0.39, 0.29) is 6.61 Å². The molecule has 2 heterocycles. The second-order valence-corrected chi connectivity index (χ2v) is 5.04. The third-order valence-electron chi connectivity index (χ3n) is 3.48. The van der Waals surface area contributed by atoms with Crippen molar-refractivity contribution in [3.63, 3.8) is 0 Å². The normalized spacial score (nSPS) is 10.6. The van der Waals surface area contributed by atoms with Crippen molar-refractivity contribution in [2.45, 2.75) is 6.54 Å². The summed E-state index contributed by atoms with van der Waals surface area (Å²) in [5.41, 5.74) is 2.59. The summed E-state index contributed by atoms with van der Waals surface area (Å²) in [5.74, 6) is 1.40. The van der Waals surface area contributed by atoms with Gasteiger partial charge in [-0.25, -0.2) is 0 Å². The number of benzene rings is 1. The number of hydrogen-bond donors (Lipinski definition) is 1. The van der Waals surface area contributed by atoms with Crippen LogP contribution in [0.2, 0.25) is 0 Å². The first kappa shape index (κ1) is 15.9. The van der Waals surface area contributed by atoms with E-state index in [1.54, 1.807) is 25.0 Å². The number of aliphatic hydroxyl groups excluding tert-OH is 1. The minimum absolute atomic E-state index is 0.0542. The highest BCUT2D eigenvalue weighted by molar-refractivity contribution is 5.68. The molecule has 7 heteroatoms. The maximum Gasteiger partial charge on any atom is 0.220 e. The molecule has 3 rings (SSSR count). The number of rotatable bonds is 6. The monoisotopic (exact) mass is 326 g/mol. The lowest BCUT2D eigenvalue weighted by atomic mass is 10.1. The number of aromatic nitrogens is 4. The molecule has 1 aromatic carbocycles. The lowest BCUT2D eigenvalue weighted by molar-refractivity contribution is 0.269. The summed E-state index contributed by atoms with van der Waals surface area (Å²) in [6.07, 6.45) is 1.84. The summed E-state index contributed by atoms with van der Waals surface area (Å²) < 4.78 is 12.1. The SMILES string of the molecule is COc1cc(OC)nc(-c2cccc(-c3ccn(CCO)n3)c2)n1. The minimum atomic E-state index is 0.0542. The molecule has 24 heavy (non-hydrogen) atoms. The van der Waals surface area contributed by atoms with Crippen LogP contribution >= 0.6 is 0 Å². The lowest BCUT2D eigenvalue weighted by Crippen LogP contribution is -2.02. The van der Waals surface area contributed by atoms with Crippen molar-refractivity contribution in [2.75, 3.05) is 20.8 Å². The van der Waals surface area contributed by atoms with Gasteiger partial charge >= 0.3 is 0 Å². The number of hydrogen-bond acceptors (Lipinski definition) is 6. The van der Waals surface area contributed by atoms with Crippen molar-refractivity contribution in [3.05, 3.63) is 42.6 Å². The van der Waals surface area contributed by atoms with Gasteiger partial charge in [-0.3, -0.25) is 4.68 Å². The van der Waals surface area contributed by atoms with E-state index in [0.717, 1.165) is 16.8 Å². The molecule has 0 bridgehead atoms. The van der Waals surface area contributed by atoms with Gasteiger partial charge in [0, 0.05) is 17.3 Å². The third kappa shape index (κ3) is 3.36. The van der Waals surface area contributed by atoms with Crippen LogP contribution in [0.4, 0.5) is 0 Å². The fraction of sp³-hybridized carbons (Fsp3) is 0.235. The topological polar surface area (TPSA) is 82.3 Å². The lowest BCUT2D eigenvalue weighted by Gasteiger charge is -2.07. The van der Waals surface area contributed by atoms with E-state index in [4.69, 9.17) is 14.6 Å². The van der Waals surface area contributed by atoms with E-state index in [0.29, 0.717) is 24.1 Å². The average molecular weight is 326 g/mol. The van der Waals surface area contributed by atoms with Gasteiger partial charge in [0.25, 0.3) is 0 Å². The fourth-order valence-electron chi connectivity index (χ4n) is 2.30. The Morgan fingerprint density at radius 3 is 2.38 bits per heavy atom. The number of nitrogens with zero attached hydrogens (tertiary/aromatic N) is 4. The van der Waals surface area contributed by atoms with E-state index in [9.17, 15) is 0 Å². The summed E-state index contributed by atoms with van der Waals surface area (Å²) in [6.45, 7) is 0.522. The van der Waals surface area contributed by atoms with E-state index < -0.39 is 0 Å². The molecular weight excluding hydrogens is 308 g/mol. The average Bonchev–Trinajstić information content (AvgIpc) is 3.10. The summed E-state index contributed by atoms with van der Waals surface area (Å²) in [4.78, 5) is 8.74. The van der Waals surface area contributed by atoms with Gasteiger partial charge in [0.2, 0.25) is 11.8 Å². The molecule has 0 aliphatic heterocycles. The summed E-state index contributed by atoms with van der Waals surface area (Å²) in [7, 11) is 3.10. The molecule has 3 aromatic rings. The van der Waals surface area contributed by atoms with Gasteiger partial charge in [-0.05, 0) is 12.1 Å². The molecule has 0 unspecified atom stereocenters. The molecule has 0 amide bonds. The molecule has 0 spiro atoms. The van der Waals surface area contributed by atoms with Crippen molar-refractivity contribution in [1.29, 1.82) is 0 Å². The third-order valence-corrected chi connectivity index (χ3v) is 3.48. The van der Waals surface area contributed by atoms with Crippen molar-refractivity contribution >= 4 is 0 Å². The van der Waals surface area contributed by atoms with Crippen LogP contribution < -0.4 is 9.47 Å². The van der Waals surface area contributed by atoms with Crippen LogP contribution in [0, 0.1) is 0 Å². The zero-order valence-corrected chi connectivity index (χ0v) is 13.5. The molecule has 0 saturated carbocycles. The molecular formula is C17H18N4O3. The van der Waals surface area contributed by atoms with Gasteiger partial charge in [0.05, 0.1) is 39.1 Å². The zero-order chi connectivity index (χ0) is 16.9. The second-order valence-electron chi connectivity index (χ2n) is 5.04. The largest absolute Gasteiger partial charge is 0.481 e. The summed E-state index contributed by atoms with van der Waals surface area (Å²) in [5, 5.41) is 13.4. The first-order valence-corrected chi connectivity index (χ1v) is 7.45. The van der Waals surface area contributed by atoms with Crippen molar-refractivity contribution in [3.8, 4) is 34.4 Å². The van der Waals surface area contributed by atoms with Gasteiger partial charge in [-0.15, -0.1) is 0 Å². The molecule has 0 aliphatic rings. The smallest absolute Gasteiger partial charge is 0.220 e. The zero-order valence-electron chi connectivity index (χ0n) is 13.5. The molecule has 0 radical (unpaired) electrons. The predicted molar refractivity (Wildman–Crippen MR) is 88.9 cm³/mol. The number of ether oxygens (including phenoxy) is 2. The van der Waals surface area contributed by atoms with Crippen molar-refractivity contribution < 1.29 is 14.6 Å². The molecule has 2 aromatic heterocycles. The number of methoxy groups -OCH3 is 2. The Hall–Kier alpha value is -2.93. The van der Waals surface area contributed by atoms with Gasteiger partial charge < -0.3 is 14.6 Å². The van der Waals surface area contributed by atoms with Gasteiger partial charge in [0.1, 0.15) is 0 Å². The van der Waals surface area contributed by atoms with Crippen molar-refractivity contribution in [1.82, 2.24) is 19.7 Å². The van der Waals surface area contributed by atoms with Crippen LogP contribution in [0.1, 0.15) is 0 Å². The first-order valence-electron chi connectivity index (χ1n) is 7.45. The second kappa shape index (κ2) is 7.10. The molecule has 1 N–H and O–H groups in total. The van der Waals surface area contributed by atoms with Crippen molar-refractivity contribution in [2.24, 2.45) is 0 Å². The Balaban J connectivity index is 1.98. The predicted octanol–water partition coefficient (Wildman–Crippen LogP) is 2.02. The highest BCUT2D eigenvalue weighted by atomic mass is 16.5. The molecule has 0 aliphatic carbocycles. The summed E-state index contributed by atoms with van der Waals surface area (Å²) >= 11 is 0. The fourth-order valence-corrected chi connectivity index (χ4v) is 2.30. The maximum absolute atomic E-state index is 8.99. The Labute approximate surface area is 139 Å². The molecule has 7 nitrogen and oxygen atoms in total. The summed E-state index contributed by atoms with van der Waals surface area (Å²) in [6, 6.07) is 11.3. The highest BCUT2D eigenvalue weighted by Crippen LogP contribution is 2.26. The van der Waals surface area contributed by atoms with E-state index in [1.165, 1.54) is 0 Å². The van der Waals surface area contributed by atoms with E-state index >= 15 is 0 Å². The minimum Gasteiger partial charge on any atom is -0.481 e. The molecule has 0 fully saturated rings. The van der Waals surface area contributed by atoms with E-state index in [1.807, 2.05) is 36.5 Å². The molecule has 124 valence electrons. The standard InChI is InChI=1S/C17H18N4O3/c1-23-15-11-16(24-2)19-17(18-15)13-5-3-4-12(10-13)14-6-7-21(20-14)8-9-22/h3-7,10-11,22H,8-9H2,1-2H3. The van der Waals surface area contributed by atoms with Crippen LogP contribution in [0.25, 0.3) is 22.6 Å². The van der Waals surface area contributed by atoms with Gasteiger partial charge in [-0.2, -0.15) is 15.1 Å². The maximum atomic E-state index is 8.99. The van der Waals surface area contributed by atoms with Crippen LogP contribution in [0.3, 0.4) is 0 Å². The van der Waals surface area contributed by atoms with Gasteiger partial charge in [0.15, 0.2) is 5.82 Å². The Morgan fingerprint density at radius 1 is 1.00 bits per heavy atom. The quantitative estimate of drug-likeness (QED) is 0.746. The van der Waals surface area contributed by atoms with Crippen LogP contribution in [0.15, 0.2) is 42.6 Å². The highest BCUT2D eigenvalue weighted by Gasteiger charge is 2.10. The van der Waals surface area contributed by atoms with Crippen LogP contribution in [-0.4, -0.2) is 45.7 Å². The Kier molecular flexibility index (Phi) is 4.72. The molecule has 0 saturated heterocycles. The number of aliphatic hydroxyl groups is 1. The first-order chi connectivity index (χ1) is 11.7. The van der Waals surface area contributed by atoms with Gasteiger partial charge in [-0.1, -0.05) is 18.2 Å². The molecule has 0 atom stereocenters. The Morgan fingerprint density at radius 2 is 1.71 bits per heavy atom. The Bertz CT molecular complexity index is 810. The van der Waals surface area contributed by atoms with E-state index in [2.05, 4.69) is 15.1 Å².